The summed E-state index contributed by atoms with van der Waals surface area (Å²) in [5.41, 5.74) is 1.00. The summed E-state index contributed by atoms with van der Waals surface area (Å²) in [5, 5.41) is 14.5. The lowest BCUT2D eigenvalue weighted by atomic mass is 10.3. The summed E-state index contributed by atoms with van der Waals surface area (Å²) in [6, 6.07) is 2.88. The Balaban J connectivity index is 1.88. The summed E-state index contributed by atoms with van der Waals surface area (Å²) < 4.78 is 0. The molecule has 0 unspecified atom stereocenters. The molecule has 0 saturated carbocycles. The second-order valence-corrected chi connectivity index (χ2v) is 6.74. The van der Waals surface area contributed by atoms with Crippen LogP contribution < -0.4 is 5.32 Å². The van der Waals surface area contributed by atoms with E-state index < -0.39 is 4.92 Å². The molecule has 1 aliphatic heterocycles. The van der Waals surface area contributed by atoms with Crippen molar-refractivity contribution in [3.8, 4) is 0 Å². The molecule has 1 aromatic rings. The van der Waals surface area contributed by atoms with Crippen LogP contribution in [0.15, 0.2) is 24.3 Å². The fraction of sp³-hybridized carbons (Fsp3) is 0.429. The van der Waals surface area contributed by atoms with Crippen LogP contribution >= 0.6 is 23.6 Å². The lowest BCUT2D eigenvalue weighted by molar-refractivity contribution is -0.380. The first-order chi connectivity index (χ1) is 10.9. The average Bonchev–Trinajstić information content (AvgIpc) is 3.02. The van der Waals surface area contributed by atoms with Gasteiger partial charge in [0.15, 0.2) is 5.11 Å². The minimum atomic E-state index is -0.481. The van der Waals surface area contributed by atoms with Crippen LogP contribution in [0.3, 0.4) is 0 Å². The van der Waals surface area contributed by atoms with Crippen molar-refractivity contribution in [3.63, 3.8) is 0 Å². The number of rotatable bonds is 4. The Kier molecular flexibility index (Phi) is 5.67. The maximum Gasteiger partial charge on any atom is 0.324 e. The molecule has 1 aromatic heterocycles. The Labute approximate surface area is 143 Å². The Hall–Kier alpha value is -2.00. The molecule has 1 aliphatic rings. The van der Waals surface area contributed by atoms with E-state index in [1.54, 1.807) is 4.90 Å². The predicted octanol–water partition coefficient (Wildman–Crippen LogP) is 1.86. The van der Waals surface area contributed by atoms with Crippen molar-refractivity contribution >= 4 is 39.6 Å². The zero-order valence-corrected chi connectivity index (χ0v) is 14.4. The number of thiophene rings is 1. The molecule has 0 aliphatic carbocycles. The summed E-state index contributed by atoms with van der Waals surface area (Å²) in [5.74, 6) is -0.163. The van der Waals surface area contributed by atoms with Crippen LogP contribution in [0.2, 0.25) is 0 Å². The van der Waals surface area contributed by atoms with Gasteiger partial charge in [-0.3, -0.25) is 14.9 Å². The molecule has 124 valence electrons. The molecule has 0 aromatic carbocycles. The van der Waals surface area contributed by atoms with Gasteiger partial charge in [-0.15, -0.1) is 0 Å². The number of nitrogens with one attached hydrogen (secondary N) is 1. The Morgan fingerprint density at radius 3 is 2.52 bits per heavy atom. The van der Waals surface area contributed by atoms with Gasteiger partial charge in [0.05, 0.1) is 9.80 Å². The van der Waals surface area contributed by atoms with Gasteiger partial charge in [-0.2, -0.15) is 0 Å². The Morgan fingerprint density at radius 1 is 1.39 bits per heavy atom. The van der Waals surface area contributed by atoms with Crippen molar-refractivity contribution in [1.29, 1.82) is 0 Å². The summed E-state index contributed by atoms with van der Waals surface area (Å²) in [6.07, 6.45) is 0. The molecule has 1 fully saturated rings. The first kappa shape index (κ1) is 17.4. The van der Waals surface area contributed by atoms with E-state index in [-0.39, 0.29) is 10.9 Å². The van der Waals surface area contributed by atoms with E-state index in [0.717, 1.165) is 16.9 Å². The molecular weight excluding hydrogens is 336 g/mol. The number of nitrogens with zero attached hydrogens (tertiary/aromatic N) is 3. The minimum Gasteiger partial charge on any atom is -0.359 e. The van der Waals surface area contributed by atoms with Crippen molar-refractivity contribution in [3.05, 3.63) is 39.3 Å². The van der Waals surface area contributed by atoms with Crippen LogP contribution in [-0.2, 0) is 0 Å². The molecule has 23 heavy (non-hydrogen) atoms. The van der Waals surface area contributed by atoms with Crippen molar-refractivity contribution in [2.24, 2.45) is 0 Å². The molecule has 1 N–H and O–H groups in total. The smallest absolute Gasteiger partial charge is 0.324 e. The Bertz CT molecular complexity index is 636. The van der Waals surface area contributed by atoms with Crippen molar-refractivity contribution in [2.45, 2.75) is 6.92 Å². The molecule has 2 rings (SSSR count). The molecule has 0 atom stereocenters. The van der Waals surface area contributed by atoms with Gasteiger partial charge in [-0.1, -0.05) is 23.5 Å². The van der Waals surface area contributed by atoms with Gasteiger partial charge in [0, 0.05) is 38.8 Å². The fourth-order valence-electron chi connectivity index (χ4n) is 2.15. The van der Waals surface area contributed by atoms with E-state index in [0.29, 0.717) is 42.7 Å². The number of carbonyl (C=O) groups is 1. The molecule has 2 heterocycles. The van der Waals surface area contributed by atoms with Crippen molar-refractivity contribution in [1.82, 2.24) is 15.1 Å². The normalized spacial score (nSPS) is 14.5. The highest BCUT2D eigenvalue weighted by Crippen LogP contribution is 2.25. The monoisotopic (exact) mass is 354 g/mol. The molecule has 9 heteroatoms. The summed E-state index contributed by atoms with van der Waals surface area (Å²) >= 11 is 6.23. The van der Waals surface area contributed by atoms with E-state index in [4.69, 9.17) is 12.2 Å². The number of carbonyl (C=O) groups excluding carboxylic acids is 1. The number of thiocarbonyl (C=S) groups is 1. The minimum absolute atomic E-state index is 0.0165. The van der Waals surface area contributed by atoms with Crippen LogP contribution in [0.1, 0.15) is 16.6 Å². The number of piperazine rings is 1. The second kappa shape index (κ2) is 7.51. The number of hydrogen-bond acceptors (Lipinski definition) is 5. The maximum absolute atomic E-state index is 12.4. The lowest BCUT2D eigenvalue weighted by Gasteiger charge is -2.36. The highest BCUT2D eigenvalue weighted by molar-refractivity contribution is 7.80. The van der Waals surface area contributed by atoms with Crippen molar-refractivity contribution in [2.75, 3.05) is 32.7 Å². The molecule has 0 spiro atoms. The second-order valence-electron chi connectivity index (χ2n) is 5.29. The SMILES string of the molecule is C=C(C)CNC(=S)N1CCN(C(=O)c2ccc([N+](=O)[O-])s2)CC1. The zero-order chi connectivity index (χ0) is 17.0. The van der Waals surface area contributed by atoms with Crippen LogP contribution in [0.25, 0.3) is 0 Å². The highest BCUT2D eigenvalue weighted by atomic mass is 32.1. The highest BCUT2D eigenvalue weighted by Gasteiger charge is 2.25. The van der Waals surface area contributed by atoms with Gasteiger partial charge in [0.2, 0.25) is 0 Å². The van der Waals surface area contributed by atoms with Gasteiger partial charge in [0.1, 0.15) is 0 Å². The van der Waals surface area contributed by atoms with Crippen LogP contribution in [0.4, 0.5) is 5.00 Å². The first-order valence-electron chi connectivity index (χ1n) is 7.09. The van der Waals surface area contributed by atoms with E-state index in [9.17, 15) is 14.9 Å². The molecule has 1 saturated heterocycles. The van der Waals surface area contributed by atoms with Crippen LogP contribution in [-0.4, -0.2) is 58.5 Å². The number of nitro groups is 1. The third-order valence-electron chi connectivity index (χ3n) is 3.38. The number of amides is 1. The van der Waals surface area contributed by atoms with E-state index in [1.807, 2.05) is 11.8 Å². The van der Waals surface area contributed by atoms with Gasteiger partial charge in [-0.05, 0) is 25.2 Å². The molecule has 1 amide bonds. The standard InChI is InChI=1S/C14H18N4O3S2/c1-10(2)9-15-14(22)17-7-5-16(6-8-17)13(19)11-3-4-12(23-11)18(20)21/h3-4H,1,5-9H2,2H3,(H,15,22). The number of hydrogen-bond donors (Lipinski definition) is 1. The van der Waals surface area contributed by atoms with E-state index in [1.165, 1.54) is 12.1 Å². The van der Waals surface area contributed by atoms with Gasteiger partial charge < -0.3 is 15.1 Å². The summed E-state index contributed by atoms with van der Waals surface area (Å²) in [7, 11) is 0. The molecule has 0 bridgehead atoms. The molecular formula is C14H18N4O3S2. The quantitative estimate of drug-likeness (QED) is 0.385. The van der Waals surface area contributed by atoms with Crippen LogP contribution in [0, 0.1) is 10.1 Å². The van der Waals surface area contributed by atoms with E-state index in [2.05, 4.69) is 11.9 Å². The predicted molar refractivity (Wildman–Crippen MR) is 93.9 cm³/mol. The third-order valence-corrected chi connectivity index (χ3v) is 4.81. The van der Waals surface area contributed by atoms with Crippen molar-refractivity contribution < 1.29 is 9.72 Å². The topological polar surface area (TPSA) is 78.7 Å². The maximum atomic E-state index is 12.4. The lowest BCUT2D eigenvalue weighted by Crippen LogP contribution is -2.53. The van der Waals surface area contributed by atoms with Gasteiger partial charge >= 0.3 is 5.00 Å². The molecule has 7 nitrogen and oxygen atoms in total. The molecule has 0 radical (unpaired) electrons. The summed E-state index contributed by atoms with van der Waals surface area (Å²) in [4.78, 5) is 26.7. The van der Waals surface area contributed by atoms with Gasteiger partial charge in [-0.25, -0.2) is 0 Å². The Morgan fingerprint density at radius 2 is 2.00 bits per heavy atom. The van der Waals surface area contributed by atoms with Crippen LogP contribution in [0.5, 0.6) is 0 Å². The average molecular weight is 354 g/mol. The zero-order valence-electron chi connectivity index (χ0n) is 12.8. The summed E-state index contributed by atoms with van der Waals surface area (Å²) in [6.45, 7) is 8.74. The largest absolute Gasteiger partial charge is 0.359 e. The fourth-order valence-corrected chi connectivity index (χ4v) is 3.19. The first-order valence-corrected chi connectivity index (χ1v) is 8.31. The van der Waals surface area contributed by atoms with Gasteiger partial charge in [0.25, 0.3) is 5.91 Å². The van der Waals surface area contributed by atoms with E-state index >= 15 is 0 Å². The third kappa shape index (κ3) is 4.49.